The van der Waals surface area contributed by atoms with Gasteiger partial charge in [0.1, 0.15) is 23.6 Å². The molecule has 0 saturated carbocycles. The number of hydrogen-bond acceptors (Lipinski definition) is 7. The maximum absolute atomic E-state index is 12.3. The Labute approximate surface area is 771 Å². The van der Waals surface area contributed by atoms with Crippen molar-refractivity contribution in [2.75, 3.05) is 11.9 Å². The van der Waals surface area contributed by atoms with E-state index in [1.807, 2.05) is 299 Å². The number of aldehydes is 1. The second-order valence-electron chi connectivity index (χ2n) is 31.5. The number of ketones is 1. The molecule has 0 radical (unpaired) electrons. The van der Waals surface area contributed by atoms with Crippen LogP contribution in [-0.4, -0.2) is 39.3 Å². The second kappa shape index (κ2) is 54.4. The number of nitriles is 1. The van der Waals surface area contributed by atoms with Crippen LogP contribution in [0.25, 0.3) is 5.57 Å². The topological polar surface area (TPSA) is 145 Å². The number of alkyl halides is 2. The monoisotopic (exact) mass is 1780 g/mol. The number of aliphatic hydroxyl groups excluding tert-OH is 1. The van der Waals surface area contributed by atoms with Gasteiger partial charge in [0, 0.05) is 27.1 Å². The molecule has 14 aromatic rings. The highest BCUT2D eigenvalue weighted by atomic mass is 79.9. The van der Waals surface area contributed by atoms with Gasteiger partial charge in [0.05, 0.1) is 17.8 Å². The molecule has 0 unspecified atom stereocenters. The van der Waals surface area contributed by atoms with Crippen LogP contribution in [-0.2, 0) is 11.2 Å². The Kier molecular flexibility index (Phi) is 44.6. The van der Waals surface area contributed by atoms with Crippen molar-refractivity contribution in [1.29, 1.82) is 5.26 Å². The summed E-state index contributed by atoms with van der Waals surface area (Å²) < 4.78 is 1.18. The van der Waals surface area contributed by atoms with Crippen LogP contribution in [0.3, 0.4) is 0 Å². The zero-order chi connectivity index (χ0) is 92.1. The van der Waals surface area contributed by atoms with Gasteiger partial charge in [0.15, 0.2) is 5.78 Å². The van der Waals surface area contributed by atoms with Gasteiger partial charge in [-0.15, -0.1) is 23.2 Å². The summed E-state index contributed by atoms with van der Waals surface area (Å²) in [5.41, 5.74) is 34.5. The predicted octanol–water partition coefficient (Wildman–Crippen LogP) is 29.6. The summed E-state index contributed by atoms with van der Waals surface area (Å²) >= 11 is 12.9. The number of carbonyl (C=O) groups excluding carboxylic acids is 2. The Bertz CT molecular complexity index is 5480. The van der Waals surface area contributed by atoms with Crippen molar-refractivity contribution >= 4 is 56.8 Å². The van der Waals surface area contributed by atoms with Crippen LogP contribution in [0, 0.1) is 108 Å². The Morgan fingerprint density at radius 2 is 0.651 bits per heavy atom. The highest BCUT2D eigenvalue weighted by molar-refractivity contribution is 9.10. The molecule has 0 atom stereocenters. The zero-order valence-corrected chi connectivity index (χ0v) is 79.5. The molecule has 14 rings (SSSR count). The molecule has 0 aliphatic heterocycles. The number of carbonyl (C=O) groups is 2. The van der Waals surface area contributed by atoms with E-state index in [9.17, 15) is 24.9 Å². The van der Waals surface area contributed by atoms with E-state index in [1.54, 1.807) is 0 Å². The van der Waals surface area contributed by atoms with E-state index in [1.165, 1.54) is 73.0 Å². The molecule has 0 aliphatic rings. The lowest BCUT2D eigenvalue weighted by molar-refractivity contribution is 0.0724. The smallest absolute Gasteiger partial charge is 0.193 e. The summed E-state index contributed by atoms with van der Waals surface area (Å²) in [7, 11) is 0. The van der Waals surface area contributed by atoms with E-state index in [0.29, 0.717) is 18.9 Å². The molecule has 10 heteroatoms. The largest absolute Gasteiger partial charge is 0.384 e. The number of aryl methyl sites for hydroxylation is 14. The van der Waals surface area contributed by atoms with Crippen molar-refractivity contribution in [3.05, 3.63) is 500 Å². The van der Waals surface area contributed by atoms with Gasteiger partial charge >= 0.3 is 0 Å². The van der Waals surface area contributed by atoms with Crippen molar-refractivity contribution in [2.24, 2.45) is 5.73 Å². The molecule has 652 valence electrons. The van der Waals surface area contributed by atoms with Gasteiger partial charge in [0.2, 0.25) is 0 Å². The van der Waals surface area contributed by atoms with Gasteiger partial charge < -0.3 is 21.1 Å². The Morgan fingerprint density at radius 3 is 0.913 bits per heavy atom. The van der Waals surface area contributed by atoms with Crippen LogP contribution in [0.15, 0.2) is 350 Å². The van der Waals surface area contributed by atoms with Crippen LogP contribution in [0.5, 0.6) is 0 Å². The number of benzene rings is 14. The molecular formula is C116H127BrCl2N2O5. The molecule has 0 amide bonds. The number of halogens is 3. The van der Waals surface area contributed by atoms with E-state index in [-0.39, 0.29) is 17.5 Å². The number of nitrogens with two attached hydrogens (primary N) is 1. The molecule has 0 aliphatic carbocycles. The first-order valence-corrected chi connectivity index (χ1v) is 45.0. The van der Waals surface area contributed by atoms with Crippen molar-refractivity contribution in [3.63, 3.8) is 0 Å². The third-order valence-electron chi connectivity index (χ3n) is 22.3. The molecule has 0 aromatic heterocycles. The molecule has 0 bridgehead atoms. The van der Waals surface area contributed by atoms with E-state index < -0.39 is 17.3 Å². The van der Waals surface area contributed by atoms with Crippen molar-refractivity contribution in [2.45, 2.75) is 166 Å². The fraction of sp³-hybridized carbons (Fsp3) is 0.233. The first-order valence-electron chi connectivity index (χ1n) is 43.1. The number of aliphatic hydroxyl groups is 3. The molecule has 7 nitrogen and oxygen atoms in total. The average Bonchev–Trinajstić information content (AvgIpc) is 0.776. The molecule has 5 N–H and O–H groups in total. The van der Waals surface area contributed by atoms with Crippen LogP contribution in [0.1, 0.15) is 218 Å². The normalized spacial score (nSPS) is 10.4. The van der Waals surface area contributed by atoms with Crippen molar-refractivity contribution in [3.8, 4) is 6.07 Å². The fourth-order valence-electron chi connectivity index (χ4n) is 15.3. The second-order valence-corrected chi connectivity index (χ2v) is 33.1. The summed E-state index contributed by atoms with van der Waals surface area (Å²) in [4.78, 5) is 22.5. The highest BCUT2D eigenvalue weighted by Gasteiger charge is 2.35. The summed E-state index contributed by atoms with van der Waals surface area (Å²) in [5.74, 6) is 0.647. The van der Waals surface area contributed by atoms with Crippen LogP contribution in [0.4, 0.5) is 0 Å². The maximum atomic E-state index is 12.3. The highest BCUT2D eigenvalue weighted by Crippen LogP contribution is 2.39. The molecule has 0 fully saturated rings. The SMILES string of the molecule is CCC=C(c1ccccc1C)c1ccccc1C.CCCC(c1ccccc1C)c1ccccc1C.Cc1ccccc1Br.Cc1ccccc1C(=O)c1ccccc1C.Cc1ccccc1C(O)(CC#N)c1ccccc1C.Cc1ccccc1C(O)(CCN)c1ccccc1C.Cc1ccccc1C(O)c1ccccc1C.Cc1ccccc1C=O.ClCCl. The number of allylic oxidation sites excluding steroid dienone is 1. The molecule has 0 saturated heterocycles. The summed E-state index contributed by atoms with van der Waals surface area (Å²) in [6.07, 6.45) is 6.72. The summed E-state index contributed by atoms with van der Waals surface area (Å²) in [5, 5.41) is 42.0. The molecule has 0 spiro atoms. The number of nitrogens with zero attached hydrogens (tertiary/aromatic N) is 1. The molecule has 14 aromatic carbocycles. The third-order valence-corrected chi connectivity index (χ3v) is 23.2. The lowest BCUT2D eigenvalue weighted by atomic mass is 9.79. The van der Waals surface area contributed by atoms with Gasteiger partial charge in [0.25, 0.3) is 0 Å². The minimum absolute atomic E-state index is 0.0444. The lowest BCUT2D eigenvalue weighted by Crippen LogP contribution is -2.32. The summed E-state index contributed by atoms with van der Waals surface area (Å²) in [6.45, 7) is 33.6. The van der Waals surface area contributed by atoms with E-state index in [4.69, 9.17) is 34.2 Å². The summed E-state index contributed by atoms with van der Waals surface area (Å²) in [6, 6.07) is 115. The van der Waals surface area contributed by atoms with Crippen LogP contribution >= 0.6 is 39.1 Å². The van der Waals surface area contributed by atoms with Crippen molar-refractivity contribution in [1.82, 2.24) is 0 Å². The van der Waals surface area contributed by atoms with Gasteiger partial charge in [-0.1, -0.05) is 376 Å². The lowest BCUT2D eigenvalue weighted by Gasteiger charge is -2.31. The zero-order valence-electron chi connectivity index (χ0n) is 76.4. The van der Waals surface area contributed by atoms with Gasteiger partial charge in [-0.2, -0.15) is 5.26 Å². The minimum atomic E-state index is -1.24. The Morgan fingerprint density at radius 1 is 0.381 bits per heavy atom. The molecule has 126 heavy (non-hydrogen) atoms. The number of rotatable bonds is 19. The fourth-order valence-corrected chi connectivity index (χ4v) is 15.6. The Hall–Kier alpha value is -11.5. The van der Waals surface area contributed by atoms with E-state index >= 15 is 0 Å². The van der Waals surface area contributed by atoms with Crippen LogP contribution < -0.4 is 5.73 Å². The van der Waals surface area contributed by atoms with Gasteiger partial charge in [-0.25, -0.2) is 0 Å². The average molecular weight is 1780 g/mol. The number of hydrogen-bond donors (Lipinski definition) is 4. The van der Waals surface area contributed by atoms with Crippen LogP contribution in [0.2, 0.25) is 0 Å². The van der Waals surface area contributed by atoms with E-state index in [0.717, 1.165) is 113 Å². The standard InChI is InChI=1S/C18H22.C18H20.C17H21NO.C17H17NO.C15H16O.C15H14O.C8H8O.C7H7Br.CH2Cl2/c2*1-4-9-18(16-12-7-5-10-14(16)2)17-13-8-6-11-15(17)3;2*1-13-7-3-5-9-15(13)17(19,11-12-18)16-10-6-4-8-14(16)2;2*1-11-7-3-5-9-13(11)15(16)14-10-6-4-8-12(14)2;1-7-4-2-3-5-8(7)6-9;1-6-4-2-3-5-7(6)8;2-1-3/h5-8,10-13,18H,4,9H2,1-3H3;5-13H,4H2,1-3H3;3-10,19H,11-12,18H2,1-2H3;3-10,19H,11H2,1-2H3;3-10,15-16H,1-2H3;3-10H,1-2H3;2-6H,1H3;2-5H,1H3;1H2. The minimum Gasteiger partial charge on any atom is -0.384 e. The molecular weight excluding hydrogens is 1650 g/mol. The first-order chi connectivity index (χ1) is 60.6. The van der Waals surface area contributed by atoms with E-state index in [2.05, 4.69) is 180 Å². The van der Waals surface area contributed by atoms with Gasteiger partial charge in [-0.05, 0) is 268 Å². The maximum Gasteiger partial charge on any atom is 0.193 e. The predicted molar refractivity (Wildman–Crippen MR) is 538 cm³/mol. The van der Waals surface area contributed by atoms with Gasteiger partial charge in [-0.3, -0.25) is 9.59 Å². The third kappa shape index (κ3) is 30.4. The molecule has 0 heterocycles. The van der Waals surface area contributed by atoms with Crippen molar-refractivity contribution < 1.29 is 24.9 Å². The Balaban J connectivity index is 0.000000224. The quantitative estimate of drug-likeness (QED) is 0.0358. The first kappa shape index (κ1) is 103.